The van der Waals surface area contributed by atoms with Crippen LogP contribution in [0.25, 0.3) is 0 Å². The molecule has 3 nitrogen and oxygen atoms in total. The van der Waals surface area contributed by atoms with Gasteiger partial charge < -0.3 is 0 Å². The van der Waals surface area contributed by atoms with E-state index in [0.717, 1.165) is 5.56 Å². The number of benzene rings is 2. The van der Waals surface area contributed by atoms with Gasteiger partial charge in [-0.1, -0.05) is 26.0 Å². The third-order valence-corrected chi connectivity index (χ3v) is 5.11. The van der Waals surface area contributed by atoms with Crippen molar-refractivity contribution in [1.29, 1.82) is 0 Å². The Balaban J connectivity index is 2.40. The van der Waals surface area contributed by atoms with Crippen molar-refractivity contribution in [2.75, 3.05) is 4.72 Å². The predicted octanol–water partition coefficient (Wildman–Crippen LogP) is 5.72. The van der Waals surface area contributed by atoms with Gasteiger partial charge in [0, 0.05) is 0 Å². The topological polar surface area (TPSA) is 46.2 Å². The molecule has 0 amide bonds. The second-order valence-electron chi connectivity index (χ2n) is 6.64. The molecular formula is C18H17F6NO2S. The lowest BCUT2D eigenvalue weighted by molar-refractivity contribution is -0.143. The Morgan fingerprint density at radius 3 is 1.71 bits per heavy atom. The zero-order valence-electron chi connectivity index (χ0n) is 14.8. The number of hydrogen-bond acceptors (Lipinski definition) is 2. The van der Waals surface area contributed by atoms with Crippen LogP contribution >= 0.6 is 0 Å². The SMILES string of the molecule is CC(C)Cc1ccc(S(=O)(=O)Nc2cc(C(F)(F)F)cc(C(F)(F)F)c2)cc1. The molecule has 0 spiro atoms. The van der Waals surface area contributed by atoms with Crippen LogP contribution in [0.4, 0.5) is 32.0 Å². The number of sulfonamides is 1. The molecule has 10 heteroatoms. The minimum Gasteiger partial charge on any atom is -0.280 e. The molecule has 0 unspecified atom stereocenters. The molecule has 0 bridgehead atoms. The van der Waals surface area contributed by atoms with E-state index >= 15 is 0 Å². The van der Waals surface area contributed by atoms with E-state index in [-0.39, 0.29) is 11.0 Å². The quantitative estimate of drug-likeness (QED) is 0.623. The van der Waals surface area contributed by atoms with E-state index in [2.05, 4.69) is 0 Å². The van der Waals surface area contributed by atoms with Crippen molar-refractivity contribution >= 4 is 15.7 Å². The zero-order valence-corrected chi connectivity index (χ0v) is 15.6. The van der Waals surface area contributed by atoms with Gasteiger partial charge in [0.2, 0.25) is 0 Å². The van der Waals surface area contributed by atoms with Gasteiger partial charge in [-0.05, 0) is 48.2 Å². The molecule has 2 aromatic carbocycles. The van der Waals surface area contributed by atoms with Crippen LogP contribution in [0.3, 0.4) is 0 Å². The molecular weight excluding hydrogens is 408 g/mol. The van der Waals surface area contributed by atoms with Crippen LogP contribution in [0.2, 0.25) is 0 Å². The Hall–Kier alpha value is -2.23. The van der Waals surface area contributed by atoms with Crippen molar-refractivity contribution < 1.29 is 34.8 Å². The normalized spacial score (nSPS) is 13.0. The first kappa shape index (κ1) is 22.1. The molecule has 0 heterocycles. The molecule has 28 heavy (non-hydrogen) atoms. The molecule has 0 aliphatic rings. The molecule has 154 valence electrons. The fourth-order valence-electron chi connectivity index (χ4n) is 2.50. The number of alkyl halides is 6. The number of anilines is 1. The number of rotatable bonds is 5. The maximum atomic E-state index is 12.9. The Morgan fingerprint density at radius 1 is 0.857 bits per heavy atom. The van der Waals surface area contributed by atoms with Crippen LogP contribution in [0.5, 0.6) is 0 Å². The lowest BCUT2D eigenvalue weighted by Gasteiger charge is -2.15. The molecule has 0 aliphatic carbocycles. The molecule has 2 aromatic rings. The van der Waals surface area contributed by atoms with Crippen molar-refractivity contribution in [3.63, 3.8) is 0 Å². The summed E-state index contributed by atoms with van der Waals surface area (Å²) in [7, 11) is -4.37. The van der Waals surface area contributed by atoms with Crippen LogP contribution in [0, 0.1) is 5.92 Å². The van der Waals surface area contributed by atoms with Gasteiger partial charge >= 0.3 is 12.4 Å². The van der Waals surface area contributed by atoms with E-state index in [1.54, 1.807) is 16.9 Å². The lowest BCUT2D eigenvalue weighted by atomic mass is 10.0. The zero-order chi connectivity index (χ0) is 21.3. The van der Waals surface area contributed by atoms with Gasteiger partial charge in [-0.2, -0.15) is 26.3 Å². The van der Waals surface area contributed by atoms with Gasteiger partial charge in [0.15, 0.2) is 0 Å². The van der Waals surface area contributed by atoms with Crippen LogP contribution in [-0.2, 0) is 28.8 Å². The summed E-state index contributed by atoms with van der Waals surface area (Å²) in [6.07, 6.45) is -9.45. The minimum absolute atomic E-state index is 0.0709. The smallest absolute Gasteiger partial charge is 0.280 e. The van der Waals surface area contributed by atoms with Crippen LogP contribution in [0.15, 0.2) is 47.4 Å². The van der Waals surface area contributed by atoms with Gasteiger partial charge in [-0.25, -0.2) is 8.42 Å². The van der Waals surface area contributed by atoms with Gasteiger partial charge in [-0.15, -0.1) is 0 Å². The second-order valence-corrected chi connectivity index (χ2v) is 8.32. The van der Waals surface area contributed by atoms with E-state index in [1.807, 2.05) is 13.8 Å². The second kappa shape index (κ2) is 7.65. The third-order valence-electron chi connectivity index (χ3n) is 3.72. The highest BCUT2D eigenvalue weighted by molar-refractivity contribution is 7.92. The van der Waals surface area contributed by atoms with Crippen molar-refractivity contribution in [2.24, 2.45) is 5.92 Å². The maximum absolute atomic E-state index is 12.9. The third kappa shape index (κ3) is 5.63. The average Bonchev–Trinajstić information content (AvgIpc) is 2.52. The molecule has 0 aromatic heterocycles. The molecule has 0 atom stereocenters. The van der Waals surface area contributed by atoms with Gasteiger partial charge in [0.1, 0.15) is 0 Å². The van der Waals surface area contributed by atoms with E-state index in [1.165, 1.54) is 12.1 Å². The largest absolute Gasteiger partial charge is 0.416 e. The van der Waals surface area contributed by atoms with E-state index < -0.39 is 39.2 Å². The summed E-state index contributed by atoms with van der Waals surface area (Å²) >= 11 is 0. The van der Waals surface area contributed by atoms with E-state index in [4.69, 9.17) is 0 Å². The highest BCUT2D eigenvalue weighted by Gasteiger charge is 2.37. The summed E-state index contributed by atoms with van der Waals surface area (Å²) in [5.74, 6) is 0.325. The summed E-state index contributed by atoms with van der Waals surface area (Å²) in [5, 5.41) is 0. The van der Waals surface area contributed by atoms with Crippen molar-refractivity contribution in [3.05, 3.63) is 59.2 Å². The number of halogens is 6. The van der Waals surface area contributed by atoms with Crippen molar-refractivity contribution in [2.45, 2.75) is 37.5 Å². The monoisotopic (exact) mass is 425 g/mol. The summed E-state index contributed by atoms with van der Waals surface area (Å²) in [4.78, 5) is -0.272. The Morgan fingerprint density at radius 2 is 1.32 bits per heavy atom. The minimum atomic E-state index is -5.07. The molecule has 0 aliphatic heterocycles. The van der Waals surface area contributed by atoms with Crippen LogP contribution < -0.4 is 4.72 Å². The van der Waals surface area contributed by atoms with Gasteiger partial charge in [0.25, 0.3) is 10.0 Å². The average molecular weight is 425 g/mol. The molecule has 2 rings (SSSR count). The maximum Gasteiger partial charge on any atom is 0.416 e. The predicted molar refractivity (Wildman–Crippen MR) is 92.2 cm³/mol. The Labute approximate surface area is 158 Å². The molecule has 0 saturated heterocycles. The summed E-state index contributed by atoms with van der Waals surface area (Å²) in [6, 6.07) is 6.15. The Bertz CT molecular complexity index is 900. The van der Waals surface area contributed by atoms with Crippen LogP contribution in [0.1, 0.15) is 30.5 Å². The fourth-order valence-corrected chi connectivity index (χ4v) is 3.54. The summed E-state index contributed by atoms with van der Waals surface area (Å²) in [6.45, 7) is 3.94. The molecule has 0 saturated carbocycles. The highest BCUT2D eigenvalue weighted by atomic mass is 32.2. The number of hydrogen-bond donors (Lipinski definition) is 1. The standard InChI is InChI=1S/C18H17F6NO2S/c1-11(2)7-12-3-5-16(6-4-12)28(26,27)25-15-9-13(17(19,20)21)8-14(10-15)18(22,23)24/h3-6,8-11,25H,7H2,1-2H3. The van der Waals surface area contributed by atoms with Crippen molar-refractivity contribution in [1.82, 2.24) is 0 Å². The highest BCUT2D eigenvalue weighted by Crippen LogP contribution is 2.38. The van der Waals surface area contributed by atoms with Crippen LogP contribution in [-0.4, -0.2) is 8.42 Å². The molecule has 0 radical (unpaired) electrons. The fraction of sp³-hybridized carbons (Fsp3) is 0.333. The van der Waals surface area contributed by atoms with Gasteiger partial charge in [0.05, 0.1) is 21.7 Å². The van der Waals surface area contributed by atoms with Crippen molar-refractivity contribution in [3.8, 4) is 0 Å². The Kier molecular flexibility index (Phi) is 6.03. The summed E-state index contributed by atoms with van der Waals surface area (Å²) in [5.41, 5.74) is -3.18. The van der Waals surface area contributed by atoms with E-state index in [9.17, 15) is 34.8 Å². The number of nitrogens with one attached hydrogen (secondary N) is 1. The summed E-state index contributed by atoms with van der Waals surface area (Å²) < 4.78 is 104. The first-order valence-corrected chi connectivity index (χ1v) is 9.58. The first-order valence-electron chi connectivity index (χ1n) is 8.10. The van der Waals surface area contributed by atoms with E-state index in [0.29, 0.717) is 24.5 Å². The first-order chi connectivity index (χ1) is 12.7. The lowest BCUT2D eigenvalue weighted by Crippen LogP contribution is -2.16. The molecule has 1 N–H and O–H groups in total. The van der Waals surface area contributed by atoms with Gasteiger partial charge in [-0.3, -0.25) is 4.72 Å². The molecule has 0 fully saturated rings.